The molecule has 0 atom stereocenters. The Hall–Kier alpha value is -1.20. The third kappa shape index (κ3) is 4.44. The molecular weight excluding hydrogens is 294 g/mol. The molecule has 3 N–H and O–H groups in total. The Morgan fingerprint density at radius 2 is 2.11 bits per heavy atom. The first-order valence-corrected chi connectivity index (χ1v) is 6.41. The molecule has 1 amide bonds. The predicted octanol–water partition coefficient (Wildman–Crippen LogP) is 3.60. The van der Waals surface area contributed by atoms with Crippen molar-refractivity contribution in [2.75, 3.05) is 12.3 Å². The molecule has 0 aliphatic heterocycles. The number of hydrogen-bond acceptors (Lipinski definition) is 3. The number of nitrogens with two attached hydrogens (primary N) is 1. The number of halogens is 3. The summed E-state index contributed by atoms with van der Waals surface area (Å²) in [5.41, 5.74) is 5.83. The molecule has 1 rings (SSSR count). The van der Waals surface area contributed by atoms with Gasteiger partial charge >= 0.3 is 6.09 Å². The van der Waals surface area contributed by atoms with Crippen molar-refractivity contribution in [3.8, 4) is 0 Å². The van der Waals surface area contributed by atoms with Crippen molar-refractivity contribution in [1.29, 1.82) is 0 Å². The monoisotopic (exact) mass is 308 g/mol. The predicted molar refractivity (Wildman–Crippen MR) is 73.9 cm³/mol. The molecule has 0 aromatic heterocycles. The molecule has 0 fully saturated rings. The molecule has 106 valence electrons. The molecule has 0 saturated carbocycles. The average molecular weight is 309 g/mol. The zero-order chi connectivity index (χ0) is 14.6. The number of amides is 1. The molecule has 1 aromatic rings. The molecule has 0 aliphatic rings. The second-order valence-corrected chi connectivity index (χ2v) is 5.16. The first kappa shape index (κ1) is 15.9. The molecule has 19 heavy (non-hydrogen) atoms. The van der Waals surface area contributed by atoms with Crippen LogP contribution in [-0.2, 0) is 11.3 Å². The van der Waals surface area contributed by atoms with E-state index in [1.54, 1.807) is 0 Å². The standard InChI is InChI=1S/C12H15Cl2FN2O2/c1-6(2)5-19-12(18)17-4-7-3-8(15)10(14)11(16)9(7)13/h3,6H,4-5,16H2,1-2H3,(H,17,18). The molecular formula is C12H15Cl2FN2O2. The highest BCUT2D eigenvalue weighted by atomic mass is 35.5. The topological polar surface area (TPSA) is 64.3 Å². The van der Waals surface area contributed by atoms with Gasteiger partial charge in [-0.05, 0) is 17.5 Å². The highest BCUT2D eigenvalue weighted by Crippen LogP contribution is 2.32. The fourth-order valence-corrected chi connectivity index (χ4v) is 1.68. The molecule has 0 bridgehead atoms. The summed E-state index contributed by atoms with van der Waals surface area (Å²) in [4.78, 5) is 11.3. The van der Waals surface area contributed by atoms with Crippen LogP contribution in [0, 0.1) is 11.7 Å². The van der Waals surface area contributed by atoms with Crippen LogP contribution in [-0.4, -0.2) is 12.7 Å². The van der Waals surface area contributed by atoms with Crippen molar-refractivity contribution in [1.82, 2.24) is 5.32 Å². The number of ether oxygens (including phenoxy) is 1. The normalized spacial score (nSPS) is 10.6. The number of anilines is 1. The van der Waals surface area contributed by atoms with E-state index in [4.69, 9.17) is 33.7 Å². The van der Waals surface area contributed by atoms with Crippen LogP contribution in [0.15, 0.2) is 6.07 Å². The van der Waals surface area contributed by atoms with Gasteiger partial charge in [0.05, 0.1) is 17.3 Å². The van der Waals surface area contributed by atoms with Gasteiger partial charge in [0.15, 0.2) is 0 Å². The summed E-state index contributed by atoms with van der Waals surface area (Å²) in [6, 6.07) is 1.13. The highest BCUT2D eigenvalue weighted by Gasteiger charge is 2.14. The zero-order valence-electron chi connectivity index (χ0n) is 10.6. The van der Waals surface area contributed by atoms with Gasteiger partial charge in [-0.3, -0.25) is 0 Å². The van der Waals surface area contributed by atoms with Crippen molar-refractivity contribution >= 4 is 35.0 Å². The molecule has 1 aromatic carbocycles. The summed E-state index contributed by atoms with van der Waals surface area (Å²) in [7, 11) is 0. The summed E-state index contributed by atoms with van der Waals surface area (Å²) in [5.74, 6) is -0.450. The van der Waals surface area contributed by atoms with Crippen LogP contribution in [0.5, 0.6) is 0 Å². The molecule has 7 heteroatoms. The number of carbonyl (C=O) groups excluding carboxylic acids is 1. The van der Waals surface area contributed by atoms with Crippen LogP contribution in [0.1, 0.15) is 19.4 Å². The number of nitrogen functional groups attached to an aromatic ring is 1. The minimum atomic E-state index is -0.684. The summed E-state index contributed by atoms with van der Waals surface area (Å²) in [6.45, 7) is 4.14. The third-order valence-corrected chi connectivity index (χ3v) is 3.07. The van der Waals surface area contributed by atoms with Gasteiger partial charge < -0.3 is 15.8 Å². The van der Waals surface area contributed by atoms with E-state index in [0.717, 1.165) is 6.07 Å². The Balaban J connectivity index is 2.66. The molecule has 0 spiro atoms. The van der Waals surface area contributed by atoms with E-state index in [1.807, 2.05) is 13.8 Å². The van der Waals surface area contributed by atoms with Crippen LogP contribution in [0.4, 0.5) is 14.9 Å². The Labute approximate surface area is 121 Å². The summed E-state index contributed by atoms with van der Waals surface area (Å²) < 4.78 is 18.3. The van der Waals surface area contributed by atoms with Crippen molar-refractivity contribution in [3.63, 3.8) is 0 Å². The molecule has 0 heterocycles. The van der Waals surface area contributed by atoms with Crippen LogP contribution in [0.3, 0.4) is 0 Å². The summed E-state index contributed by atoms with van der Waals surface area (Å²) >= 11 is 11.5. The van der Waals surface area contributed by atoms with E-state index in [2.05, 4.69) is 5.32 Å². The Kier molecular flexibility index (Phi) is 5.69. The van der Waals surface area contributed by atoms with Crippen molar-refractivity contribution in [2.45, 2.75) is 20.4 Å². The van der Waals surface area contributed by atoms with Gasteiger partial charge in [0.2, 0.25) is 0 Å². The van der Waals surface area contributed by atoms with E-state index in [9.17, 15) is 9.18 Å². The van der Waals surface area contributed by atoms with Gasteiger partial charge in [0.25, 0.3) is 0 Å². The molecule has 0 aliphatic carbocycles. The number of carbonyl (C=O) groups is 1. The highest BCUT2D eigenvalue weighted by molar-refractivity contribution is 6.39. The van der Waals surface area contributed by atoms with E-state index in [-0.39, 0.29) is 28.2 Å². The lowest BCUT2D eigenvalue weighted by Crippen LogP contribution is -2.25. The van der Waals surface area contributed by atoms with Crippen LogP contribution < -0.4 is 11.1 Å². The fraction of sp³-hybridized carbons (Fsp3) is 0.417. The molecule has 0 radical (unpaired) electrons. The lowest BCUT2D eigenvalue weighted by molar-refractivity contribution is 0.132. The maximum Gasteiger partial charge on any atom is 0.407 e. The maximum atomic E-state index is 13.4. The van der Waals surface area contributed by atoms with Crippen molar-refractivity contribution < 1.29 is 13.9 Å². The number of nitrogens with one attached hydrogen (secondary N) is 1. The van der Waals surface area contributed by atoms with Gasteiger partial charge in [-0.1, -0.05) is 37.0 Å². The Morgan fingerprint density at radius 1 is 1.47 bits per heavy atom. The van der Waals surface area contributed by atoms with Crippen LogP contribution in [0.25, 0.3) is 0 Å². The lowest BCUT2D eigenvalue weighted by Gasteiger charge is -2.11. The minimum Gasteiger partial charge on any atom is -0.449 e. The number of alkyl carbamates (subject to hydrolysis) is 1. The largest absolute Gasteiger partial charge is 0.449 e. The van der Waals surface area contributed by atoms with Gasteiger partial charge in [-0.15, -0.1) is 0 Å². The number of benzene rings is 1. The Morgan fingerprint density at radius 3 is 2.68 bits per heavy atom. The zero-order valence-corrected chi connectivity index (χ0v) is 12.1. The second-order valence-electron chi connectivity index (χ2n) is 4.41. The molecule has 0 saturated heterocycles. The minimum absolute atomic E-state index is 0.00799. The fourth-order valence-electron chi connectivity index (χ4n) is 1.27. The average Bonchev–Trinajstić information content (AvgIpc) is 2.36. The SMILES string of the molecule is CC(C)COC(=O)NCc1cc(F)c(Cl)c(N)c1Cl. The summed E-state index contributed by atoms with van der Waals surface area (Å²) in [6.07, 6.45) is -0.598. The van der Waals surface area contributed by atoms with E-state index < -0.39 is 11.9 Å². The van der Waals surface area contributed by atoms with E-state index in [0.29, 0.717) is 12.2 Å². The van der Waals surface area contributed by atoms with E-state index in [1.165, 1.54) is 0 Å². The number of rotatable bonds is 4. The number of hydrogen-bond donors (Lipinski definition) is 2. The smallest absolute Gasteiger partial charge is 0.407 e. The van der Waals surface area contributed by atoms with Crippen LogP contribution >= 0.6 is 23.2 Å². The van der Waals surface area contributed by atoms with Gasteiger partial charge in [0, 0.05) is 6.54 Å². The first-order chi connectivity index (χ1) is 8.82. The van der Waals surface area contributed by atoms with Crippen molar-refractivity contribution in [2.24, 2.45) is 5.92 Å². The van der Waals surface area contributed by atoms with Gasteiger partial charge in [0.1, 0.15) is 10.8 Å². The van der Waals surface area contributed by atoms with Gasteiger partial charge in [-0.2, -0.15) is 0 Å². The Bertz CT molecular complexity index is 481. The quantitative estimate of drug-likeness (QED) is 0.660. The second kappa shape index (κ2) is 6.82. The molecule has 0 unspecified atom stereocenters. The third-order valence-electron chi connectivity index (χ3n) is 2.24. The summed E-state index contributed by atoms with van der Waals surface area (Å²) in [5, 5.41) is 2.35. The van der Waals surface area contributed by atoms with E-state index >= 15 is 0 Å². The molecule has 4 nitrogen and oxygen atoms in total. The maximum absolute atomic E-state index is 13.4. The van der Waals surface area contributed by atoms with Crippen molar-refractivity contribution in [3.05, 3.63) is 27.5 Å². The van der Waals surface area contributed by atoms with Crippen LogP contribution in [0.2, 0.25) is 10.0 Å². The lowest BCUT2D eigenvalue weighted by atomic mass is 10.2. The first-order valence-electron chi connectivity index (χ1n) is 5.65. The van der Waals surface area contributed by atoms with Gasteiger partial charge in [-0.25, -0.2) is 9.18 Å².